The van der Waals surface area contributed by atoms with Gasteiger partial charge < -0.3 is 33.8 Å². The molecule has 4 unspecified atom stereocenters. The second kappa shape index (κ2) is 65.0. The van der Waals surface area contributed by atoms with E-state index in [9.17, 15) is 43.2 Å². The van der Waals surface area contributed by atoms with E-state index in [0.717, 1.165) is 115 Å². The van der Waals surface area contributed by atoms with Crippen molar-refractivity contribution in [3.63, 3.8) is 0 Å². The number of hydrogen-bond acceptors (Lipinski definition) is 15. The van der Waals surface area contributed by atoms with Crippen LogP contribution in [-0.2, 0) is 65.4 Å². The number of phosphoric acid groups is 2. The van der Waals surface area contributed by atoms with Gasteiger partial charge in [-0.3, -0.25) is 37.3 Å². The van der Waals surface area contributed by atoms with Crippen molar-refractivity contribution >= 4 is 39.5 Å². The van der Waals surface area contributed by atoms with Gasteiger partial charge in [0.05, 0.1) is 26.4 Å². The molecule has 0 aromatic heterocycles. The highest BCUT2D eigenvalue weighted by atomic mass is 31.2. The van der Waals surface area contributed by atoms with Crippen LogP contribution in [0.4, 0.5) is 0 Å². The first-order valence-electron chi connectivity index (χ1n) is 38.1. The minimum atomic E-state index is -4.95. The third-order valence-electron chi connectivity index (χ3n) is 17.7. The molecule has 546 valence electrons. The summed E-state index contributed by atoms with van der Waals surface area (Å²) in [6.07, 6.45) is 51.6. The molecule has 19 heteroatoms. The fourth-order valence-corrected chi connectivity index (χ4v) is 12.6. The van der Waals surface area contributed by atoms with Crippen molar-refractivity contribution in [2.24, 2.45) is 11.8 Å². The number of ether oxygens (including phenoxy) is 4. The van der Waals surface area contributed by atoms with E-state index in [1.807, 2.05) is 0 Å². The molecule has 17 nitrogen and oxygen atoms in total. The van der Waals surface area contributed by atoms with Gasteiger partial charge in [-0.25, -0.2) is 9.13 Å². The van der Waals surface area contributed by atoms with Crippen molar-refractivity contribution < 1.29 is 80.2 Å². The Bertz CT molecular complexity index is 1790. The van der Waals surface area contributed by atoms with E-state index < -0.39 is 97.5 Å². The summed E-state index contributed by atoms with van der Waals surface area (Å²) in [5, 5.41) is 10.6. The summed E-state index contributed by atoms with van der Waals surface area (Å²) in [7, 11) is -9.90. The Balaban J connectivity index is 5.14. The van der Waals surface area contributed by atoms with Gasteiger partial charge in [0.2, 0.25) is 0 Å². The number of aliphatic hydroxyl groups excluding tert-OH is 1. The lowest BCUT2D eigenvalue weighted by Gasteiger charge is -2.21. The van der Waals surface area contributed by atoms with Gasteiger partial charge in [-0.2, -0.15) is 0 Å². The Hall–Kier alpha value is -1.94. The summed E-state index contributed by atoms with van der Waals surface area (Å²) >= 11 is 0. The summed E-state index contributed by atoms with van der Waals surface area (Å²) in [4.78, 5) is 72.5. The number of unbranched alkanes of at least 4 members (excludes halogenated alkanes) is 40. The van der Waals surface area contributed by atoms with Crippen molar-refractivity contribution in [3.05, 3.63) is 0 Å². The minimum absolute atomic E-state index is 0.103. The number of rotatable bonds is 72. The summed E-state index contributed by atoms with van der Waals surface area (Å²) < 4.78 is 68.2. The Labute approximate surface area is 562 Å². The van der Waals surface area contributed by atoms with Crippen LogP contribution >= 0.6 is 15.6 Å². The fourth-order valence-electron chi connectivity index (χ4n) is 11.1. The highest BCUT2D eigenvalue weighted by molar-refractivity contribution is 7.47. The largest absolute Gasteiger partial charge is 0.472 e. The first-order chi connectivity index (χ1) is 44.4. The molecule has 0 aromatic rings. The highest BCUT2D eigenvalue weighted by Gasteiger charge is 2.30. The van der Waals surface area contributed by atoms with Crippen LogP contribution in [0.15, 0.2) is 0 Å². The molecular formula is C73H142O17P2. The topological polar surface area (TPSA) is 237 Å². The molecule has 0 fully saturated rings. The van der Waals surface area contributed by atoms with Gasteiger partial charge in [-0.1, -0.05) is 324 Å². The third kappa shape index (κ3) is 64.1. The van der Waals surface area contributed by atoms with Gasteiger partial charge in [-0.05, 0) is 37.5 Å². The van der Waals surface area contributed by atoms with Crippen molar-refractivity contribution in [3.8, 4) is 0 Å². The van der Waals surface area contributed by atoms with E-state index in [1.165, 1.54) is 180 Å². The Kier molecular flexibility index (Phi) is 63.7. The molecule has 0 saturated heterocycles. The molecule has 0 saturated carbocycles. The molecule has 0 aliphatic heterocycles. The van der Waals surface area contributed by atoms with Gasteiger partial charge in [0.1, 0.15) is 19.3 Å². The van der Waals surface area contributed by atoms with Crippen molar-refractivity contribution in [2.45, 2.75) is 394 Å². The van der Waals surface area contributed by atoms with Crippen LogP contribution in [0, 0.1) is 11.8 Å². The number of carbonyl (C=O) groups excluding carboxylic acids is 4. The number of aliphatic hydroxyl groups is 1. The van der Waals surface area contributed by atoms with Gasteiger partial charge >= 0.3 is 39.5 Å². The maximum absolute atomic E-state index is 13.1. The van der Waals surface area contributed by atoms with Crippen molar-refractivity contribution in [1.82, 2.24) is 0 Å². The van der Waals surface area contributed by atoms with Crippen molar-refractivity contribution in [1.29, 1.82) is 0 Å². The maximum Gasteiger partial charge on any atom is 0.472 e. The average molecular weight is 1350 g/mol. The van der Waals surface area contributed by atoms with Gasteiger partial charge in [-0.15, -0.1) is 0 Å². The average Bonchev–Trinajstić information content (AvgIpc) is 2.14. The van der Waals surface area contributed by atoms with Crippen molar-refractivity contribution in [2.75, 3.05) is 39.6 Å². The van der Waals surface area contributed by atoms with E-state index in [2.05, 4.69) is 41.5 Å². The normalized spacial score (nSPS) is 14.7. The molecule has 3 N–H and O–H groups in total. The number of hydrogen-bond donors (Lipinski definition) is 3. The number of phosphoric ester groups is 2. The summed E-state index contributed by atoms with van der Waals surface area (Å²) in [5.41, 5.74) is 0. The summed E-state index contributed by atoms with van der Waals surface area (Å²) in [6, 6.07) is 0. The summed E-state index contributed by atoms with van der Waals surface area (Å²) in [6.45, 7) is 9.54. The van der Waals surface area contributed by atoms with Crippen LogP contribution in [0.1, 0.15) is 375 Å². The Morgan fingerprint density at radius 1 is 0.304 bits per heavy atom. The predicted molar refractivity (Wildman–Crippen MR) is 372 cm³/mol. The smallest absolute Gasteiger partial charge is 0.462 e. The summed E-state index contributed by atoms with van der Waals surface area (Å²) in [5.74, 6) is -0.536. The third-order valence-corrected chi connectivity index (χ3v) is 19.6. The Morgan fingerprint density at radius 3 is 0.772 bits per heavy atom. The second-order valence-corrected chi connectivity index (χ2v) is 29.7. The molecule has 7 atom stereocenters. The number of carbonyl (C=O) groups is 4. The molecule has 0 spiro atoms. The van der Waals surface area contributed by atoms with E-state index in [0.29, 0.717) is 25.7 Å². The highest BCUT2D eigenvalue weighted by Crippen LogP contribution is 2.45. The van der Waals surface area contributed by atoms with Crippen LogP contribution in [-0.4, -0.2) is 96.7 Å². The van der Waals surface area contributed by atoms with Crippen LogP contribution in [0.5, 0.6) is 0 Å². The molecule has 0 heterocycles. The quantitative estimate of drug-likeness (QED) is 0.0222. The first kappa shape index (κ1) is 90.1. The van der Waals surface area contributed by atoms with Gasteiger partial charge in [0.25, 0.3) is 0 Å². The van der Waals surface area contributed by atoms with E-state index in [-0.39, 0.29) is 25.7 Å². The van der Waals surface area contributed by atoms with Gasteiger partial charge in [0.15, 0.2) is 12.2 Å². The molecular weight excluding hydrogens is 1210 g/mol. The second-order valence-electron chi connectivity index (χ2n) is 26.8. The zero-order valence-electron chi connectivity index (χ0n) is 59.9. The SMILES string of the molecule is CCCCCCCCCCCCCCCC(=O)OC[C@H](COP(=O)(O)OC[C@@H](O)COP(=O)(O)OC[C@@H](COC(=O)CCCCCCCCC)OC(=O)CCCCCCCCC(C)CC)OC(=O)CCCCCCCCCCCCCCCCCCCCC(C)CC. The zero-order valence-corrected chi connectivity index (χ0v) is 61.6. The first-order valence-corrected chi connectivity index (χ1v) is 41.1. The van der Waals surface area contributed by atoms with Crippen LogP contribution in [0.25, 0.3) is 0 Å². The van der Waals surface area contributed by atoms with E-state index >= 15 is 0 Å². The minimum Gasteiger partial charge on any atom is -0.462 e. The van der Waals surface area contributed by atoms with Crippen LogP contribution < -0.4 is 0 Å². The molecule has 0 aliphatic rings. The molecule has 92 heavy (non-hydrogen) atoms. The van der Waals surface area contributed by atoms with Crippen LogP contribution in [0.2, 0.25) is 0 Å². The lowest BCUT2D eigenvalue weighted by atomic mass is 9.99. The van der Waals surface area contributed by atoms with Gasteiger partial charge in [0, 0.05) is 25.7 Å². The molecule has 0 aliphatic carbocycles. The van der Waals surface area contributed by atoms with Crippen LogP contribution in [0.3, 0.4) is 0 Å². The lowest BCUT2D eigenvalue weighted by molar-refractivity contribution is -0.161. The zero-order chi connectivity index (χ0) is 67.9. The Morgan fingerprint density at radius 2 is 0.522 bits per heavy atom. The monoisotopic (exact) mass is 1350 g/mol. The predicted octanol–water partition coefficient (Wildman–Crippen LogP) is 21.2. The lowest BCUT2D eigenvalue weighted by Crippen LogP contribution is -2.30. The fraction of sp³-hybridized carbons (Fsp3) is 0.945. The van der Waals surface area contributed by atoms with E-state index in [4.69, 9.17) is 37.0 Å². The molecule has 0 amide bonds. The maximum atomic E-state index is 13.1. The number of esters is 4. The molecule has 0 bridgehead atoms. The molecule has 0 aromatic carbocycles. The molecule has 0 radical (unpaired) electrons. The standard InChI is InChI=1S/C73H142O17P2/c1-7-11-13-15-17-18-19-26-30-33-37-44-50-56-71(76)84-62-68(89-72(77)57-51-45-38-34-31-28-25-23-21-20-22-24-27-29-32-36-41-47-53-65(5)9-3)63-87-91(79,80)85-59-67(74)60-86-92(81,82)88-64-69(61-83-70(75)55-49-43-35-16-14-12-8-2)90-73(78)58-52-46-40-39-42-48-54-66(6)10-4/h65-69,74H,7-64H2,1-6H3,(H,79,80)(H,81,82)/t65?,66?,67-,68-,69-/m1/s1. The molecule has 0 rings (SSSR count). The van der Waals surface area contributed by atoms with E-state index in [1.54, 1.807) is 0 Å².